The lowest BCUT2D eigenvalue weighted by Gasteiger charge is -2.45. The summed E-state index contributed by atoms with van der Waals surface area (Å²) in [6.45, 7) is 2.35. The second kappa shape index (κ2) is 9.57. The molecule has 4 aliphatic rings. The number of anilines is 1. The molecule has 190 valence electrons. The van der Waals surface area contributed by atoms with Crippen LogP contribution < -0.4 is 9.64 Å². The molecule has 0 aromatic heterocycles. The molecule has 2 aromatic carbocycles. The largest absolute Gasteiger partial charge is 0.497 e. The number of ether oxygens (including phenoxy) is 1. The van der Waals surface area contributed by atoms with E-state index >= 15 is 0 Å². The molecule has 0 bridgehead atoms. The van der Waals surface area contributed by atoms with Gasteiger partial charge in [-0.3, -0.25) is 4.79 Å². The maximum absolute atomic E-state index is 14.0. The van der Waals surface area contributed by atoms with E-state index in [1.807, 2.05) is 23.1 Å². The Kier molecular flexibility index (Phi) is 6.27. The Bertz CT molecular complexity index is 1120. The third kappa shape index (κ3) is 3.82. The Labute approximate surface area is 214 Å². The number of urea groups is 1. The normalized spacial score (nSPS) is 33.3. The highest BCUT2D eigenvalue weighted by Gasteiger charge is 2.60. The number of hydrogen-bond acceptors (Lipinski definition) is 3. The minimum atomic E-state index is -0.341. The summed E-state index contributed by atoms with van der Waals surface area (Å²) < 4.78 is 5.39. The highest BCUT2D eigenvalue weighted by atomic mass is 16.5. The van der Waals surface area contributed by atoms with Crippen LogP contribution >= 0.6 is 0 Å². The predicted molar refractivity (Wildman–Crippen MR) is 141 cm³/mol. The molecule has 2 aromatic rings. The zero-order valence-corrected chi connectivity index (χ0v) is 21.5. The van der Waals surface area contributed by atoms with Crippen LogP contribution in [-0.4, -0.2) is 36.0 Å². The highest BCUT2D eigenvalue weighted by Crippen LogP contribution is 2.58. The number of hydrogen-bond donors (Lipinski definition) is 0. The van der Waals surface area contributed by atoms with Crippen molar-refractivity contribution in [2.75, 3.05) is 12.0 Å². The number of methoxy groups -OCH3 is 1. The Balaban J connectivity index is 1.34. The fourth-order valence-electron chi connectivity index (χ4n) is 8.36. The van der Waals surface area contributed by atoms with Crippen LogP contribution in [0.4, 0.5) is 10.5 Å². The molecule has 0 spiro atoms. The van der Waals surface area contributed by atoms with Crippen LogP contribution in [-0.2, 0) is 11.2 Å². The summed E-state index contributed by atoms with van der Waals surface area (Å²) in [6.07, 6.45) is 9.11. The predicted octanol–water partition coefficient (Wildman–Crippen LogP) is 6.32. The first-order valence-electron chi connectivity index (χ1n) is 13.9. The summed E-state index contributed by atoms with van der Waals surface area (Å²) in [5.41, 5.74) is 1.92. The third-order valence-electron chi connectivity index (χ3n) is 9.92. The molecule has 6 rings (SSSR count). The molecule has 5 heteroatoms. The molecule has 2 heterocycles. The van der Waals surface area contributed by atoms with Crippen molar-refractivity contribution in [3.8, 4) is 5.75 Å². The van der Waals surface area contributed by atoms with Gasteiger partial charge in [-0.1, -0.05) is 62.6 Å². The maximum atomic E-state index is 14.0. The number of fused-ring (bicyclic) bond motifs is 4. The number of rotatable bonds is 6. The minimum Gasteiger partial charge on any atom is -0.497 e. The first kappa shape index (κ1) is 23.6. The van der Waals surface area contributed by atoms with Gasteiger partial charge in [0.05, 0.1) is 12.8 Å². The first-order chi connectivity index (χ1) is 17.6. The van der Waals surface area contributed by atoms with E-state index in [1.54, 1.807) is 13.2 Å². The summed E-state index contributed by atoms with van der Waals surface area (Å²) in [7, 11) is 1.61. The van der Waals surface area contributed by atoms with Crippen LogP contribution in [0.1, 0.15) is 57.4 Å². The molecule has 0 radical (unpaired) electrons. The van der Waals surface area contributed by atoms with Crippen molar-refractivity contribution in [3.05, 3.63) is 60.2 Å². The van der Waals surface area contributed by atoms with Crippen LogP contribution in [0, 0.1) is 29.6 Å². The second-order valence-electron chi connectivity index (χ2n) is 11.4. The first-order valence-corrected chi connectivity index (χ1v) is 13.9. The van der Waals surface area contributed by atoms with Crippen molar-refractivity contribution in [1.29, 1.82) is 0 Å². The molecular formula is C31H38N2O3. The summed E-state index contributed by atoms with van der Waals surface area (Å²) in [5.74, 6) is 3.93. The standard InChI is InChI=1S/C31H38N2O3/c1-3-21-11-7-14-24-25(21)18-27-26(24)19-29-30(34)32(22-12-8-13-23(17-22)36-2)31(35)33(29)28(27)16-15-20-9-5-4-6-10-20/h4-6,8-10,12-13,17,21,24-29H,3,7,11,14-16,18-19H2,1-2H3. The molecule has 5 nitrogen and oxygen atoms in total. The lowest BCUT2D eigenvalue weighted by Crippen LogP contribution is -2.54. The molecule has 2 aliphatic carbocycles. The van der Waals surface area contributed by atoms with Gasteiger partial charge in [0.25, 0.3) is 5.91 Å². The Morgan fingerprint density at radius 2 is 1.75 bits per heavy atom. The van der Waals surface area contributed by atoms with Crippen LogP contribution in [0.15, 0.2) is 54.6 Å². The Hall–Kier alpha value is -2.82. The number of carbonyl (C=O) groups excluding carboxylic acids is 2. The van der Waals surface area contributed by atoms with Gasteiger partial charge in [-0.2, -0.15) is 0 Å². The van der Waals surface area contributed by atoms with Gasteiger partial charge in [-0.05, 0) is 79.4 Å². The molecule has 2 saturated heterocycles. The third-order valence-corrected chi connectivity index (χ3v) is 9.92. The number of imide groups is 1. The fraction of sp³-hybridized carbons (Fsp3) is 0.548. The van der Waals surface area contributed by atoms with Gasteiger partial charge >= 0.3 is 6.03 Å². The average Bonchev–Trinajstić information content (AvgIpc) is 3.42. The number of carbonyl (C=O) groups is 2. The topological polar surface area (TPSA) is 49.9 Å². The van der Waals surface area contributed by atoms with E-state index in [0.717, 1.165) is 31.1 Å². The number of amides is 3. The summed E-state index contributed by atoms with van der Waals surface area (Å²) in [6, 6.07) is 17.6. The van der Waals surface area contributed by atoms with Gasteiger partial charge in [0.15, 0.2) is 0 Å². The molecule has 7 atom stereocenters. The van der Waals surface area contributed by atoms with E-state index in [-0.39, 0.29) is 24.0 Å². The molecule has 2 saturated carbocycles. The van der Waals surface area contributed by atoms with Crippen LogP contribution in [0.2, 0.25) is 0 Å². The SMILES string of the molecule is CCC1CCCC2C1CC1C2CC2C(=O)N(c3cccc(OC)c3)C(=O)N2C1CCc1ccccc1. The smallest absolute Gasteiger partial charge is 0.332 e. The van der Waals surface area contributed by atoms with Crippen molar-refractivity contribution >= 4 is 17.6 Å². The van der Waals surface area contributed by atoms with E-state index < -0.39 is 0 Å². The highest BCUT2D eigenvalue weighted by molar-refractivity contribution is 6.21. The van der Waals surface area contributed by atoms with E-state index in [0.29, 0.717) is 29.2 Å². The molecule has 0 N–H and O–H groups in total. The Morgan fingerprint density at radius 1 is 0.917 bits per heavy atom. The van der Waals surface area contributed by atoms with Crippen LogP contribution in [0.5, 0.6) is 5.75 Å². The molecule has 7 unspecified atom stereocenters. The molecule has 3 amide bonds. The van der Waals surface area contributed by atoms with Gasteiger partial charge in [0.1, 0.15) is 11.8 Å². The maximum Gasteiger partial charge on any atom is 0.332 e. The monoisotopic (exact) mass is 486 g/mol. The fourth-order valence-corrected chi connectivity index (χ4v) is 8.36. The lowest BCUT2D eigenvalue weighted by molar-refractivity contribution is -0.122. The number of aryl methyl sites for hydroxylation is 1. The van der Waals surface area contributed by atoms with E-state index in [4.69, 9.17) is 4.74 Å². The van der Waals surface area contributed by atoms with Crippen molar-refractivity contribution in [1.82, 2.24) is 4.90 Å². The molecule has 36 heavy (non-hydrogen) atoms. The molecule has 2 aliphatic heterocycles. The van der Waals surface area contributed by atoms with E-state index in [2.05, 4.69) is 37.3 Å². The number of benzene rings is 2. The van der Waals surface area contributed by atoms with Crippen molar-refractivity contribution < 1.29 is 14.3 Å². The lowest BCUT2D eigenvalue weighted by atomic mass is 9.68. The summed E-state index contributed by atoms with van der Waals surface area (Å²) >= 11 is 0. The van der Waals surface area contributed by atoms with Crippen molar-refractivity contribution in [3.63, 3.8) is 0 Å². The number of nitrogens with zero attached hydrogens (tertiary/aromatic N) is 2. The minimum absolute atomic E-state index is 0.0530. The molecular weight excluding hydrogens is 448 g/mol. The van der Waals surface area contributed by atoms with E-state index in [1.165, 1.54) is 42.6 Å². The van der Waals surface area contributed by atoms with Gasteiger partial charge in [0.2, 0.25) is 0 Å². The quantitative estimate of drug-likeness (QED) is 0.449. The summed E-state index contributed by atoms with van der Waals surface area (Å²) in [5, 5.41) is 0. The van der Waals surface area contributed by atoms with Gasteiger partial charge in [-0.25, -0.2) is 9.69 Å². The van der Waals surface area contributed by atoms with Crippen molar-refractivity contribution in [2.45, 2.75) is 70.4 Å². The second-order valence-corrected chi connectivity index (χ2v) is 11.4. The average molecular weight is 487 g/mol. The van der Waals surface area contributed by atoms with Crippen LogP contribution in [0.25, 0.3) is 0 Å². The zero-order valence-electron chi connectivity index (χ0n) is 21.5. The van der Waals surface area contributed by atoms with E-state index in [9.17, 15) is 9.59 Å². The zero-order chi connectivity index (χ0) is 24.8. The van der Waals surface area contributed by atoms with Gasteiger partial charge in [0, 0.05) is 12.1 Å². The van der Waals surface area contributed by atoms with Gasteiger partial charge < -0.3 is 9.64 Å². The summed E-state index contributed by atoms with van der Waals surface area (Å²) in [4.78, 5) is 31.3. The van der Waals surface area contributed by atoms with Crippen molar-refractivity contribution in [2.24, 2.45) is 29.6 Å². The van der Waals surface area contributed by atoms with Gasteiger partial charge in [-0.15, -0.1) is 0 Å². The molecule has 4 fully saturated rings. The van der Waals surface area contributed by atoms with Crippen LogP contribution in [0.3, 0.4) is 0 Å². The Morgan fingerprint density at radius 3 is 2.53 bits per heavy atom. The number of piperidine rings is 1.